The molecule has 1 amide bonds. The maximum atomic E-state index is 12.1. The van der Waals surface area contributed by atoms with Crippen LogP contribution in [0.4, 0.5) is 5.82 Å². The molecule has 1 heterocycles. The molecule has 0 spiro atoms. The van der Waals surface area contributed by atoms with Crippen molar-refractivity contribution in [3.8, 4) is 0 Å². The van der Waals surface area contributed by atoms with E-state index in [0.717, 1.165) is 3.57 Å². The molecule has 0 unspecified atom stereocenters. The van der Waals surface area contributed by atoms with E-state index in [1.54, 1.807) is 6.20 Å². The molecule has 4 heteroatoms. The van der Waals surface area contributed by atoms with Crippen LogP contribution >= 0.6 is 22.6 Å². The van der Waals surface area contributed by atoms with Gasteiger partial charge in [-0.15, -0.1) is 0 Å². The minimum atomic E-state index is 0.0658. The molecule has 2 rings (SSSR count). The van der Waals surface area contributed by atoms with Crippen LogP contribution in [-0.2, 0) is 4.79 Å². The number of carbonyl (C=O) groups is 1. The number of amides is 1. The lowest BCUT2D eigenvalue weighted by Gasteiger charge is -2.05. The summed E-state index contributed by atoms with van der Waals surface area (Å²) in [6.45, 7) is 8.55. The van der Waals surface area contributed by atoms with Crippen LogP contribution in [0, 0.1) is 20.3 Å². The summed E-state index contributed by atoms with van der Waals surface area (Å²) < 4.78 is 1.06. The summed E-state index contributed by atoms with van der Waals surface area (Å²) in [5, 5.41) is 2.89. The van der Waals surface area contributed by atoms with Crippen molar-refractivity contribution in [1.29, 1.82) is 0 Å². The second-order valence-electron chi connectivity index (χ2n) is 5.73. The zero-order valence-corrected chi connectivity index (χ0v) is 12.7. The standard InChI is InChI=1S/C13H17IN2O/c1-12(2)10(13(12,3)4)11(17)16-9-6-5-8(14)7-15-9/h5-7,10H,1-4H3,(H,15,16,17). The van der Waals surface area contributed by atoms with Gasteiger partial charge in [-0.1, -0.05) is 27.7 Å². The average molecular weight is 344 g/mol. The molecule has 0 bridgehead atoms. The lowest BCUT2D eigenvalue weighted by atomic mass is 10.0. The number of rotatable bonds is 2. The van der Waals surface area contributed by atoms with Gasteiger partial charge in [0.15, 0.2) is 0 Å². The number of pyridine rings is 1. The molecule has 1 aliphatic rings. The number of hydrogen-bond donors (Lipinski definition) is 1. The van der Waals surface area contributed by atoms with Crippen molar-refractivity contribution in [3.05, 3.63) is 21.9 Å². The van der Waals surface area contributed by atoms with Gasteiger partial charge < -0.3 is 5.32 Å². The molecule has 1 aromatic rings. The second kappa shape index (κ2) is 3.93. The van der Waals surface area contributed by atoms with E-state index >= 15 is 0 Å². The zero-order valence-electron chi connectivity index (χ0n) is 10.5. The third kappa shape index (κ3) is 2.07. The van der Waals surface area contributed by atoms with Gasteiger partial charge in [0.25, 0.3) is 0 Å². The highest BCUT2D eigenvalue weighted by atomic mass is 127. The second-order valence-corrected chi connectivity index (χ2v) is 6.97. The van der Waals surface area contributed by atoms with Gasteiger partial charge in [-0.25, -0.2) is 4.98 Å². The van der Waals surface area contributed by atoms with Crippen molar-refractivity contribution in [1.82, 2.24) is 4.98 Å². The Morgan fingerprint density at radius 1 is 1.29 bits per heavy atom. The molecule has 1 saturated carbocycles. The molecule has 92 valence electrons. The van der Waals surface area contributed by atoms with E-state index in [1.807, 2.05) is 12.1 Å². The Balaban J connectivity index is 2.07. The van der Waals surface area contributed by atoms with Crippen LogP contribution in [0.1, 0.15) is 27.7 Å². The highest BCUT2D eigenvalue weighted by molar-refractivity contribution is 14.1. The largest absolute Gasteiger partial charge is 0.310 e. The fraction of sp³-hybridized carbons (Fsp3) is 0.538. The lowest BCUT2D eigenvalue weighted by molar-refractivity contribution is -0.118. The Bertz CT molecular complexity index is 437. The predicted octanol–water partition coefficient (Wildman–Crippen LogP) is 3.31. The van der Waals surface area contributed by atoms with E-state index in [1.165, 1.54) is 0 Å². The zero-order chi connectivity index (χ0) is 12.8. The summed E-state index contributed by atoms with van der Waals surface area (Å²) in [5.41, 5.74) is 0.139. The van der Waals surface area contributed by atoms with Gasteiger partial charge in [0.1, 0.15) is 5.82 Å². The highest BCUT2D eigenvalue weighted by Gasteiger charge is 2.68. The Labute approximate surface area is 116 Å². The number of anilines is 1. The maximum absolute atomic E-state index is 12.1. The number of hydrogen-bond acceptors (Lipinski definition) is 2. The van der Waals surface area contributed by atoms with Gasteiger partial charge in [0.05, 0.1) is 0 Å². The molecule has 0 aliphatic heterocycles. The first kappa shape index (κ1) is 12.8. The quantitative estimate of drug-likeness (QED) is 0.837. The van der Waals surface area contributed by atoms with E-state index in [2.05, 4.69) is 60.6 Å². The first-order chi connectivity index (χ1) is 7.76. The number of halogens is 1. The van der Waals surface area contributed by atoms with E-state index < -0.39 is 0 Å². The van der Waals surface area contributed by atoms with Crippen molar-refractivity contribution in [2.24, 2.45) is 16.7 Å². The van der Waals surface area contributed by atoms with Crippen LogP contribution in [0.5, 0.6) is 0 Å². The number of nitrogens with one attached hydrogen (secondary N) is 1. The molecule has 0 radical (unpaired) electrons. The van der Waals surface area contributed by atoms with E-state index in [4.69, 9.17) is 0 Å². The van der Waals surface area contributed by atoms with Crippen LogP contribution in [-0.4, -0.2) is 10.9 Å². The molecule has 1 aromatic heterocycles. The van der Waals surface area contributed by atoms with E-state index in [0.29, 0.717) is 5.82 Å². The number of nitrogens with zero attached hydrogens (tertiary/aromatic N) is 1. The first-order valence-electron chi connectivity index (χ1n) is 5.69. The van der Waals surface area contributed by atoms with Crippen molar-refractivity contribution in [2.45, 2.75) is 27.7 Å². The van der Waals surface area contributed by atoms with Crippen molar-refractivity contribution >= 4 is 34.3 Å². The Morgan fingerprint density at radius 3 is 2.29 bits per heavy atom. The van der Waals surface area contributed by atoms with Gasteiger partial charge in [-0.05, 0) is 45.6 Å². The molecule has 1 fully saturated rings. The van der Waals surface area contributed by atoms with Crippen LogP contribution in [0.25, 0.3) is 0 Å². The Kier molecular flexibility index (Phi) is 2.96. The monoisotopic (exact) mass is 344 g/mol. The average Bonchev–Trinajstić information content (AvgIpc) is 2.61. The van der Waals surface area contributed by atoms with Crippen LogP contribution < -0.4 is 5.32 Å². The third-order valence-corrected chi connectivity index (χ3v) is 4.90. The van der Waals surface area contributed by atoms with Crippen molar-refractivity contribution in [3.63, 3.8) is 0 Å². The van der Waals surface area contributed by atoms with Crippen molar-refractivity contribution in [2.75, 3.05) is 5.32 Å². The number of aromatic nitrogens is 1. The molecular weight excluding hydrogens is 327 g/mol. The smallest absolute Gasteiger partial charge is 0.229 e. The minimum Gasteiger partial charge on any atom is -0.310 e. The van der Waals surface area contributed by atoms with Gasteiger partial charge in [-0.3, -0.25) is 4.79 Å². The third-order valence-electron chi connectivity index (χ3n) is 4.26. The fourth-order valence-electron chi connectivity index (χ4n) is 2.50. The highest BCUT2D eigenvalue weighted by Crippen LogP contribution is 2.68. The lowest BCUT2D eigenvalue weighted by Crippen LogP contribution is -2.18. The normalized spacial score (nSPS) is 21.0. The molecule has 0 aromatic carbocycles. The predicted molar refractivity (Wildman–Crippen MR) is 76.6 cm³/mol. The van der Waals surface area contributed by atoms with Gasteiger partial charge >= 0.3 is 0 Å². The van der Waals surface area contributed by atoms with Crippen molar-refractivity contribution < 1.29 is 4.79 Å². The van der Waals surface area contributed by atoms with Crippen LogP contribution in [0.2, 0.25) is 0 Å². The first-order valence-corrected chi connectivity index (χ1v) is 6.77. The van der Waals surface area contributed by atoms with Gasteiger partial charge in [-0.2, -0.15) is 0 Å². The van der Waals surface area contributed by atoms with E-state index in [-0.39, 0.29) is 22.7 Å². The minimum absolute atomic E-state index is 0.0658. The summed E-state index contributed by atoms with van der Waals surface area (Å²) in [4.78, 5) is 16.3. The summed E-state index contributed by atoms with van der Waals surface area (Å²) in [6.07, 6.45) is 1.75. The summed E-state index contributed by atoms with van der Waals surface area (Å²) in [7, 11) is 0. The SMILES string of the molecule is CC1(C)C(C(=O)Nc2ccc(I)cn2)C1(C)C. The molecule has 1 N–H and O–H groups in total. The fourth-order valence-corrected chi connectivity index (χ4v) is 2.82. The van der Waals surface area contributed by atoms with E-state index in [9.17, 15) is 4.79 Å². The van der Waals surface area contributed by atoms with Gasteiger partial charge in [0.2, 0.25) is 5.91 Å². The van der Waals surface area contributed by atoms with Gasteiger partial charge in [0, 0.05) is 15.7 Å². The molecule has 1 aliphatic carbocycles. The molecule has 3 nitrogen and oxygen atoms in total. The Morgan fingerprint density at radius 2 is 1.88 bits per heavy atom. The molecule has 0 saturated heterocycles. The van der Waals surface area contributed by atoms with Crippen LogP contribution in [0.15, 0.2) is 18.3 Å². The molecule has 0 atom stereocenters. The molecule has 17 heavy (non-hydrogen) atoms. The summed E-state index contributed by atoms with van der Waals surface area (Å²) >= 11 is 2.19. The summed E-state index contributed by atoms with van der Waals surface area (Å²) in [6, 6.07) is 3.77. The molecular formula is C13H17IN2O. The maximum Gasteiger partial charge on any atom is 0.229 e. The summed E-state index contributed by atoms with van der Waals surface area (Å²) in [5.74, 6) is 0.777. The van der Waals surface area contributed by atoms with Crippen LogP contribution in [0.3, 0.4) is 0 Å². The number of carbonyl (C=O) groups excluding carboxylic acids is 1. The Hall–Kier alpha value is -0.650. The topological polar surface area (TPSA) is 42.0 Å².